The zero-order valence-electron chi connectivity index (χ0n) is 6.62. The number of carbonyl (C=O) groups is 1. The maximum atomic E-state index is 11.0. The monoisotopic (exact) mass is 159 g/mol. The number of ether oxygens (including phenoxy) is 1. The highest BCUT2D eigenvalue weighted by atomic mass is 16.5. The molecule has 0 saturated carbocycles. The molecule has 0 radical (unpaired) electrons. The highest BCUT2D eigenvalue weighted by Gasteiger charge is 2.25. The molecule has 1 unspecified atom stereocenters. The molecular weight excluding hydrogens is 146 g/mol. The van der Waals surface area contributed by atoms with Crippen molar-refractivity contribution in [3.8, 4) is 0 Å². The first kappa shape index (κ1) is 8.49. The summed E-state index contributed by atoms with van der Waals surface area (Å²) in [6.07, 6.45) is 1.68. The Bertz CT molecular complexity index is 149. The Balaban J connectivity index is 2.39. The van der Waals surface area contributed by atoms with E-state index < -0.39 is 0 Å². The van der Waals surface area contributed by atoms with Crippen molar-refractivity contribution in [2.75, 3.05) is 20.2 Å². The molecule has 4 nitrogen and oxygen atoms in total. The molecule has 0 aromatic rings. The fraction of sp³-hybridized carbons (Fsp3) is 0.857. The zero-order chi connectivity index (χ0) is 8.27. The Morgan fingerprint density at radius 3 is 3.00 bits per heavy atom. The smallest absolute Gasteiger partial charge is 0.310 e. The van der Waals surface area contributed by atoms with E-state index in [0.29, 0.717) is 13.1 Å². The molecule has 1 atom stereocenters. The molecule has 0 spiro atoms. The van der Waals surface area contributed by atoms with Crippen LogP contribution in [-0.4, -0.2) is 36.4 Å². The first-order chi connectivity index (χ1) is 5.24. The van der Waals surface area contributed by atoms with Crippen molar-refractivity contribution >= 4 is 5.97 Å². The SMILES string of the molecule is COC(=O)C1CCCN(O)C1. The zero-order valence-corrected chi connectivity index (χ0v) is 6.62. The van der Waals surface area contributed by atoms with E-state index in [0.717, 1.165) is 12.8 Å². The number of rotatable bonds is 1. The van der Waals surface area contributed by atoms with Crippen molar-refractivity contribution in [3.63, 3.8) is 0 Å². The van der Waals surface area contributed by atoms with Crippen LogP contribution in [0, 0.1) is 5.92 Å². The number of esters is 1. The second kappa shape index (κ2) is 3.69. The maximum Gasteiger partial charge on any atom is 0.310 e. The average molecular weight is 159 g/mol. The van der Waals surface area contributed by atoms with E-state index in [1.165, 1.54) is 12.2 Å². The first-order valence-corrected chi connectivity index (χ1v) is 3.75. The summed E-state index contributed by atoms with van der Waals surface area (Å²) in [7, 11) is 1.37. The van der Waals surface area contributed by atoms with Gasteiger partial charge in [0.1, 0.15) is 0 Å². The molecule has 0 aromatic heterocycles. The third kappa shape index (κ3) is 2.17. The van der Waals surface area contributed by atoms with Crippen LogP contribution in [0.3, 0.4) is 0 Å². The number of hydrogen-bond acceptors (Lipinski definition) is 4. The third-order valence-corrected chi connectivity index (χ3v) is 1.93. The van der Waals surface area contributed by atoms with E-state index in [4.69, 9.17) is 5.21 Å². The summed E-state index contributed by atoms with van der Waals surface area (Å²) in [6.45, 7) is 1.07. The van der Waals surface area contributed by atoms with E-state index >= 15 is 0 Å². The van der Waals surface area contributed by atoms with Gasteiger partial charge in [0, 0.05) is 13.1 Å². The summed E-state index contributed by atoms with van der Waals surface area (Å²) in [4.78, 5) is 11.0. The van der Waals surface area contributed by atoms with Crippen molar-refractivity contribution in [1.29, 1.82) is 0 Å². The molecule has 11 heavy (non-hydrogen) atoms. The fourth-order valence-electron chi connectivity index (χ4n) is 1.32. The topological polar surface area (TPSA) is 49.8 Å². The lowest BCUT2D eigenvalue weighted by Crippen LogP contribution is -2.36. The predicted octanol–water partition coefficient (Wildman–Crippen LogP) is 0.261. The summed E-state index contributed by atoms with van der Waals surface area (Å²) in [5, 5.41) is 10.2. The summed E-state index contributed by atoms with van der Waals surface area (Å²) in [6, 6.07) is 0. The highest BCUT2D eigenvalue weighted by Crippen LogP contribution is 2.15. The third-order valence-electron chi connectivity index (χ3n) is 1.93. The summed E-state index contributed by atoms with van der Waals surface area (Å²) in [5.74, 6) is -0.359. The van der Waals surface area contributed by atoms with Crippen molar-refractivity contribution in [2.24, 2.45) is 5.92 Å². The molecule has 0 amide bonds. The van der Waals surface area contributed by atoms with E-state index in [1.54, 1.807) is 0 Å². The second-order valence-corrected chi connectivity index (χ2v) is 2.77. The molecule has 1 rings (SSSR count). The predicted molar refractivity (Wildman–Crippen MR) is 38.1 cm³/mol. The standard InChI is InChI=1S/C7H13NO3/c1-11-7(9)6-3-2-4-8(10)5-6/h6,10H,2-5H2,1H3. The number of hydroxylamine groups is 2. The molecule has 1 N–H and O–H groups in total. The minimum Gasteiger partial charge on any atom is -0.469 e. The number of methoxy groups -OCH3 is 1. The van der Waals surface area contributed by atoms with Gasteiger partial charge in [-0.05, 0) is 12.8 Å². The van der Waals surface area contributed by atoms with Crippen LogP contribution < -0.4 is 0 Å². The molecule has 1 fully saturated rings. The minimum atomic E-state index is -0.219. The molecule has 1 saturated heterocycles. The van der Waals surface area contributed by atoms with Crippen LogP contribution in [0.1, 0.15) is 12.8 Å². The Morgan fingerprint density at radius 1 is 1.73 bits per heavy atom. The van der Waals surface area contributed by atoms with Crippen LogP contribution in [-0.2, 0) is 9.53 Å². The summed E-state index contributed by atoms with van der Waals surface area (Å²) in [5.41, 5.74) is 0. The van der Waals surface area contributed by atoms with E-state index in [1.807, 2.05) is 0 Å². The van der Waals surface area contributed by atoms with Crippen LogP contribution in [0.2, 0.25) is 0 Å². The average Bonchev–Trinajstić information content (AvgIpc) is 2.03. The van der Waals surface area contributed by atoms with E-state index in [9.17, 15) is 4.79 Å². The number of nitrogens with zero attached hydrogens (tertiary/aromatic N) is 1. The van der Waals surface area contributed by atoms with Gasteiger partial charge in [0.25, 0.3) is 0 Å². The lowest BCUT2D eigenvalue weighted by atomic mass is 10.00. The van der Waals surface area contributed by atoms with Gasteiger partial charge in [-0.15, -0.1) is 0 Å². The molecule has 1 aliphatic heterocycles. The van der Waals surface area contributed by atoms with Crippen LogP contribution >= 0.6 is 0 Å². The van der Waals surface area contributed by atoms with Crippen LogP contribution in [0.15, 0.2) is 0 Å². The van der Waals surface area contributed by atoms with Gasteiger partial charge < -0.3 is 9.94 Å². The lowest BCUT2D eigenvalue weighted by molar-refractivity contribution is -0.159. The molecule has 4 heteroatoms. The highest BCUT2D eigenvalue weighted by molar-refractivity contribution is 5.72. The fourth-order valence-corrected chi connectivity index (χ4v) is 1.32. The Morgan fingerprint density at radius 2 is 2.45 bits per heavy atom. The van der Waals surface area contributed by atoms with Gasteiger partial charge in [-0.3, -0.25) is 4.79 Å². The Labute approximate surface area is 65.7 Å². The number of piperidine rings is 1. The second-order valence-electron chi connectivity index (χ2n) is 2.77. The normalized spacial score (nSPS) is 26.5. The number of carbonyl (C=O) groups excluding carboxylic acids is 1. The van der Waals surface area contributed by atoms with Crippen molar-refractivity contribution in [2.45, 2.75) is 12.8 Å². The van der Waals surface area contributed by atoms with Gasteiger partial charge >= 0.3 is 5.97 Å². The van der Waals surface area contributed by atoms with Gasteiger partial charge in [0.2, 0.25) is 0 Å². The molecule has 0 aliphatic carbocycles. The summed E-state index contributed by atoms with van der Waals surface area (Å²) >= 11 is 0. The quantitative estimate of drug-likeness (QED) is 0.557. The maximum absolute atomic E-state index is 11.0. The number of hydrogen-bond donors (Lipinski definition) is 1. The van der Waals surface area contributed by atoms with Gasteiger partial charge in [-0.2, -0.15) is 5.06 Å². The van der Waals surface area contributed by atoms with Crippen LogP contribution in [0.25, 0.3) is 0 Å². The van der Waals surface area contributed by atoms with Crippen molar-refractivity contribution < 1.29 is 14.7 Å². The largest absolute Gasteiger partial charge is 0.469 e. The molecule has 1 heterocycles. The van der Waals surface area contributed by atoms with Crippen molar-refractivity contribution in [1.82, 2.24) is 5.06 Å². The summed E-state index contributed by atoms with van der Waals surface area (Å²) < 4.78 is 4.56. The first-order valence-electron chi connectivity index (χ1n) is 3.75. The molecule has 0 bridgehead atoms. The minimum absolute atomic E-state index is 0.140. The van der Waals surface area contributed by atoms with Gasteiger partial charge in [0.05, 0.1) is 13.0 Å². The van der Waals surface area contributed by atoms with Gasteiger partial charge in [-0.25, -0.2) is 0 Å². The lowest BCUT2D eigenvalue weighted by Gasteiger charge is -2.25. The molecular formula is C7H13NO3. The van der Waals surface area contributed by atoms with Gasteiger partial charge in [-0.1, -0.05) is 0 Å². The Hall–Kier alpha value is -0.610. The van der Waals surface area contributed by atoms with E-state index in [2.05, 4.69) is 4.74 Å². The molecule has 1 aliphatic rings. The van der Waals surface area contributed by atoms with Crippen LogP contribution in [0.5, 0.6) is 0 Å². The van der Waals surface area contributed by atoms with E-state index in [-0.39, 0.29) is 11.9 Å². The van der Waals surface area contributed by atoms with Crippen molar-refractivity contribution in [3.05, 3.63) is 0 Å². The molecule has 0 aromatic carbocycles. The van der Waals surface area contributed by atoms with Crippen LogP contribution in [0.4, 0.5) is 0 Å². The van der Waals surface area contributed by atoms with Gasteiger partial charge in [0.15, 0.2) is 0 Å². The molecule has 64 valence electrons. The Kier molecular flexibility index (Phi) is 2.84.